The van der Waals surface area contributed by atoms with Crippen LogP contribution in [0.5, 0.6) is 0 Å². The van der Waals surface area contributed by atoms with Crippen LogP contribution in [-0.2, 0) is 26.0 Å². The molecule has 1 fully saturated rings. The third kappa shape index (κ3) is 4.51. The van der Waals surface area contributed by atoms with E-state index in [1.807, 2.05) is 37.3 Å². The molecular formula is C25H28N6O4S. The number of carbonyl (C=O) groups excluding carboxylic acids is 1. The van der Waals surface area contributed by atoms with E-state index in [2.05, 4.69) is 20.0 Å². The fourth-order valence-electron chi connectivity index (χ4n) is 4.66. The molecule has 188 valence electrons. The summed E-state index contributed by atoms with van der Waals surface area (Å²) in [4.78, 5) is 23.2. The Balaban J connectivity index is 1.39. The van der Waals surface area contributed by atoms with Crippen molar-refractivity contribution in [2.45, 2.75) is 31.6 Å². The van der Waals surface area contributed by atoms with Crippen LogP contribution in [0.25, 0.3) is 16.6 Å². The number of piperazine rings is 1. The number of sulfonamides is 1. The van der Waals surface area contributed by atoms with E-state index in [0.29, 0.717) is 49.9 Å². The largest absolute Gasteiger partial charge is 0.466 e. The summed E-state index contributed by atoms with van der Waals surface area (Å²) in [6.07, 6.45) is 2.11. The van der Waals surface area contributed by atoms with Crippen LogP contribution in [0.1, 0.15) is 24.6 Å². The molecule has 0 amide bonds. The van der Waals surface area contributed by atoms with Gasteiger partial charge in [0.2, 0.25) is 10.0 Å². The van der Waals surface area contributed by atoms with Crippen molar-refractivity contribution in [2.75, 3.05) is 37.7 Å². The number of aromatic nitrogens is 4. The van der Waals surface area contributed by atoms with Crippen molar-refractivity contribution in [1.82, 2.24) is 23.9 Å². The summed E-state index contributed by atoms with van der Waals surface area (Å²) in [7, 11) is -3.64. The predicted molar refractivity (Wildman–Crippen MR) is 135 cm³/mol. The molecule has 0 unspecified atom stereocenters. The van der Waals surface area contributed by atoms with Crippen LogP contribution >= 0.6 is 0 Å². The minimum Gasteiger partial charge on any atom is -0.466 e. The van der Waals surface area contributed by atoms with E-state index in [0.717, 1.165) is 27.8 Å². The van der Waals surface area contributed by atoms with Gasteiger partial charge in [0.1, 0.15) is 12.1 Å². The number of hydrogen-bond acceptors (Lipinski definition) is 8. The number of rotatable bonds is 7. The number of aryl methyl sites for hydroxylation is 1. The highest BCUT2D eigenvalue weighted by Crippen LogP contribution is 2.28. The van der Waals surface area contributed by atoms with Gasteiger partial charge < -0.3 is 9.64 Å². The summed E-state index contributed by atoms with van der Waals surface area (Å²) in [5.41, 5.74) is 1.65. The van der Waals surface area contributed by atoms with E-state index in [9.17, 15) is 13.2 Å². The third-order valence-electron chi connectivity index (χ3n) is 6.49. The van der Waals surface area contributed by atoms with Crippen molar-refractivity contribution in [3.05, 3.63) is 60.0 Å². The summed E-state index contributed by atoms with van der Waals surface area (Å²) in [5.74, 6) is 0.989. The van der Waals surface area contributed by atoms with Crippen molar-refractivity contribution in [3.63, 3.8) is 0 Å². The standard InChI is InChI=1S/C25H28N6O4S/c1-3-35-23(32)11-10-22-18(2)28-25-26-17-27-31(25)24(22)29-12-14-30(15-13-29)36(33,34)21-9-8-19-6-4-5-7-20(19)16-21/h4-9,16-17H,3,10-15H2,1-2H3. The van der Waals surface area contributed by atoms with Crippen molar-refractivity contribution in [1.29, 1.82) is 0 Å². The molecule has 36 heavy (non-hydrogen) atoms. The second-order valence-corrected chi connectivity index (χ2v) is 10.6. The Bertz CT molecular complexity index is 1530. The summed E-state index contributed by atoms with van der Waals surface area (Å²) in [6.45, 7) is 5.59. The van der Waals surface area contributed by atoms with Crippen LogP contribution in [0.2, 0.25) is 0 Å². The SMILES string of the molecule is CCOC(=O)CCc1c(C)nc2ncnn2c1N1CCN(S(=O)(=O)c2ccc3ccccc3c2)CC1. The van der Waals surface area contributed by atoms with Gasteiger partial charge in [-0.3, -0.25) is 4.79 Å². The summed E-state index contributed by atoms with van der Waals surface area (Å²) in [6, 6.07) is 13.0. The van der Waals surface area contributed by atoms with Gasteiger partial charge in [-0.15, -0.1) is 0 Å². The van der Waals surface area contributed by atoms with Crippen LogP contribution in [0.3, 0.4) is 0 Å². The zero-order valence-corrected chi connectivity index (χ0v) is 21.1. The maximum atomic E-state index is 13.4. The number of hydrogen-bond donors (Lipinski definition) is 0. The lowest BCUT2D eigenvalue weighted by Crippen LogP contribution is -2.49. The van der Waals surface area contributed by atoms with Crippen molar-refractivity contribution < 1.29 is 17.9 Å². The molecule has 2 aromatic heterocycles. The Morgan fingerprint density at radius 1 is 1.06 bits per heavy atom. The van der Waals surface area contributed by atoms with Gasteiger partial charge in [-0.1, -0.05) is 30.3 Å². The van der Waals surface area contributed by atoms with Crippen molar-refractivity contribution in [3.8, 4) is 0 Å². The highest BCUT2D eigenvalue weighted by Gasteiger charge is 2.31. The van der Waals surface area contributed by atoms with Crippen LogP contribution in [0, 0.1) is 6.92 Å². The topological polar surface area (TPSA) is 110 Å². The van der Waals surface area contributed by atoms with Gasteiger partial charge in [0, 0.05) is 43.9 Å². The average molecular weight is 509 g/mol. The quantitative estimate of drug-likeness (QED) is 0.351. The predicted octanol–water partition coefficient (Wildman–Crippen LogP) is 2.59. The van der Waals surface area contributed by atoms with Gasteiger partial charge in [0.25, 0.3) is 5.78 Å². The van der Waals surface area contributed by atoms with Gasteiger partial charge in [-0.25, -0.2) is 13.4 Å². The maximum Gasteiger partial charge on any atom is 0.306 e. The molecule has 1 aliphatic heterocycles. The van der Waals surface area contributed by atoms with Gasteiger partial charge in [-0.05, 0) is 43.2 Å². The van der Waals surface area contributed by atoms with Gasteiger partial charge in [0.05, 0.1) is 11.5 Å². The second kappa shape index (κ2) is 9.82. The normalized spacial score (nSPS) is 15.0. The number of esters is 1. The smallest absolute Gasteiger partial charge is 0.306 e. The highest BCUT2D eigenvalue weighted by atomic mass is 32.2. The summed E-state index contributed by atoms with van der Waals surface area (Å²) in [5, 5.41) is 6.25. The van der Waals surface area contributed by atoms with Crippen molar-refractivity contribution >= 4 is 38.4 Å². The lowest BCUT2D eigenvalue weighted by Gasteiger charge is -2.36. The Morgan fingerprint density at radius 3 is 2.56 bits per heavy atom. The number of anilines is 1. The third-order valence-corrected chi connectivity index (χ3v) is 8.38. The molecule has 0 bridgehead atoms. The van der Waals surface area contributed by atoms with E-state index in [1.165, 1.54) is 10.6 Å². The molecule has 3 heterocycles. The molecule has 11 heteroatoms. The molecule has 5 rings (SSSR count). The number of fused-ring (bicyclic) bond motifs is 2. The number of carbonyl (C=O) groups is 1. The van der Waals surface area contributed by atoms with E-state index in [4.69, 9.17) is 4.74 Å². The molecule has 0 spiro atoms. The fourth-order valence-corrected chi connectivity index (χ4v) is 6.12. The Kier molecular flexibility index (Phi) is 6.59. The van der Waals surface area contributed by atoms with Gasteiger partial charge in [-0.2, -0.15) is 18.9 Å². The Labute approximate surface area is 209 Å². The summed E-state index contributed by atoms with van der Waals surface area (Å²) < 4.78 is 35.1. The summed E-state index contributed by atoms with van der Waals surface area (Å²) >= 11 is 0. The first kappa shape index (κ1) is 24.1. The van der Waals surface area contributed by atoms with E-state index in [-0.39, 0.29) is 12.4 Å². The zero-order chi connectivity index (χ0) is 25.3. The first-order valence-electron chi connectivity index (χ1n) is 12.0. The Morgan fingerprint density at radius 2 is 1.81 bits per heavy atom. The number of ether oxygens (including phenoxy) is 1. The molecule has 0 aliphatic carbocycles. The molecule has 10 nitrogen and oxygen atoms in total. The lowest BCUT2D eigenvalue weighted by molar-refractivity contribution is -0.143. The second-order valence-electron chi connectivity index (χ2n) is 8.68. The molecule has 4 aromatic rings. The van der Waals surface area contributed by atoms with Crippen LogP contribution in [-0.4, -0.2) is 71.1 Å². The fraction of sp³-hybridized carbons (Fsp3) is 0.360. The van der Waals surface area contributed by atoms with Crippen LogP contribution in [0.4, 0.5) is 5.82 Å². The first-order chi connectivity index (χ1) is 17.4. The molecule has 0 atom stereocenters. The minimum absolute atomic E-state index is 0.222. The molecule has 1 saturated heterocycles. The monoisotopic (exact) mass is 508 g/mol. The van der Waals surface area contributed by atoms with E-state index >= 15 is 0 Å². The zero-order valence-electron chi connectivity index (χ0n) is 20.3. The number of nitrogens with zero attached hydrogens (tertiary/aromatic N) is 6. The molecule has 0 radical (unpaired) electrons. The van der Waals surface area contributed by atoms with Crippen LogP contribution in [0.15, 0.2) is 53.7 Å². The molecule has 2 aromatic carbocycles. The lowest BCUT2D eigenvalue weighted by atomic mass is 10.1. The first-order valence-corrected chi connectivity index (χ1v) is 13.4. The average Bonchev–Trinajstić information content (AvgIpc) is 3.35. The maximum absolute atomic E-state index is 13.4. The Hall–Kier alpha value is -3.57. The van der Waals surface area contributed by atoms with Crippen molar-refractivity contribution in [2.24, 2.45) is 0 Å². The van der Waals surface area contributed by atoms with E-state index < -0.39 is 10.0 Å². The minimum atomic E-state index is -3.64. The van der Waals surface area contributed by atoms with Gasteiger partial charge in [0.15, 0.2) is 0 Å². The molecule has 0 saturated carbocycles. The number of benzene rings is 2. The van der Waals surface area contributed by atoms with E-state index in [1.54, 1.807) is 23.6 Å². The van der Waals surface area contributed by atoms with Gasteiger partial charge >= 0.3 is 5.97 Å². The van der Waals surface area contributed by atoms with Crippen LogP contribution < -0.4 is 4.90 Å². The molecule has 0 N–H and O–H groups in total. The molecular weight excluding hydrogens is 480 g/mol. The highest BCUT2D eigenvalue weighted by molar-refractivity contribution is 7.89. The molecule has 1 aliphatic rings.